The van der Waals surface area contributed by atoms with Crippen molar-refractivity contribution in [2.75, 3.05) is 19.8 Å². The van der Waals surface area contributed by atoms with Gasteiger partial charge in [0.1, 0.15) is 44.0 Å². The summed E-state index contributed by atoms with van der Waals surface area (Å²) in [5.74, 6) is -1.61. The highest BCUT2D eigenvalue weighted by Crippen LogP contribution is 2.31. The first-order chi connectivity index (χ1) is 13.9. The number of rotatable bonds is 7. The Hall–Kier alpha value is -3.22. The minimum Gasteiger partial charge on any atom is -0.464 e. The molecule has 1 aliphatic rings. The Labute approximate surface area is 162 Å². The number of aromatic amines is 1. The van der Waals surface area contributed by atoms with Crippen molar-refractivity contribution in [2.45, 2.75) is 24.9 Å². The summed E-state index contributed by atoms with van der Waals surface area (Å²) in [6, 6.07) is 3.12. The second-order valence-corrected chi connectivity index (χ2v) is 6.08. The van der Waals surface area contributed by atoms with Crippen molar-refractivity contribution in [3.8, 4) is 11.3 Å². The van der Waals surface area contributed by atoms with Gasteiger partial charge in [-0.2, -0.15) is 0 Å². The van der Waals surface area contributed by atoms with Gasteiger partial charge >= 0.3 is 17.6 Å². The minimum atomic E-state index is -0.970. The van der Waals surface area contributed by atoms with E-state index in [0.717, 1.165) is 4.57 Å². The van der Waals surface area contributed by atoms with Crippen LogP contribution >= 0.6 is 0 Å². The molecule has 0 aromatic carbocycles. The SMILES string of the molecule is O=C(CO)OC[C@H]1O[C@@H](n2cc(-c3ccco3)c(=O)[nH]c2=O)C[C@@H]1OC(=O)CO. The van der Waals surface area contributed by atoms with Gasteiger partial charge in [0.25, 0.3) is 5.56 Å². The second-order valence-electron chi connectivity index (χ2n) is 6.08. The van der Waals surface area contributed by atoms with Crippen molar-refractivity contribution < 1.29 is 38.4 Å². The lowest BCUT2D eigenvalue weighted by Crippen LogP contribution is -2.33. The van der Waals surface area contributed by atoms with Gasteiger partial charge in [0, 0.05) is 12.6 Å². The maximum absolute atomic E-state index is 12.3. The molecule has 1 aliphatic heterocycles. The third-order valence-electron chi connectivity index (χ3n) is 4.19. The molecule has 0 radical (unpaired) electrons. The fourth-order valence-electron chi connectivity index (χ4n) is 2.88. The average Bonchev–Trinajstić information content (AvgIpc) is 3.36. The largest absolute Gasteiger partial charge is 0.464 e. The molecule has 0 amide bonds. The molecule has 0 bridgehead atoms. The molecule has 0 unspecified atom stereocenters. The van der Waals surface area contributed by atoms with E-state index in [1.807, 2.05) is 0 Å². The van der Waals surface area contributed by atoms with Crippen LogP contribution in [0.25, 0.3) is 11.3 Å². The molecular formula is C17H18N2O10. The van der Waals surface area contributed by atoms with Gasteiger partial charge in [0.15, 0.2) is 0 Å². The van der Waals surface area contributed by atoms with Gasteiger partial charge in [0.05, 0.1) is 11.8 Å². The number of aliphatic hydroxyl groups excluding tert-OH is 2. The van der Waals surface area contributed by atoms with E-state index in [0.29, 0.717) is 0 Å². The highest BCUT2D eigenvalue weighted by molar-refractivity contribution is 5.71. The molecular weight excluding hydrogens is 392 g/mol. The molecule has 3 N–H and O–H groups in total. The molecule has 0 spiro atoms. The van der Waals surface area contributed by atoms with E-state index in [1.165, 1.54) is 18.5 Å². The van der Waals surface area contributed by atoms with Crippen LogP contribution < -0.4 is 11.2 Å². The highest BCUT2D eigenvalue weighted by Gasteiger charge is 2.40. The Bertz CT molecular complexity index is 977. The van der Waals surface area contributed by atoms with E-state index in [-0.39, 0.29) is 24.4 Å². The zero-order valence-corrected chi connectivity index (χ0v) is 15.0. The van der Waals surface area contributed by atoms with Crippen molar-refractivity contribution >= 4 is 11.9 Å². The first-order valence-corrected chi connectivity index (χ1v) is 8.54. The molecule has 3 heterocycles. The topological polar surface area (TPSA) is 170 Å². The molecule has 3 rings (SSSR count). The maximum Gasteiger partial charge on any atom is 0.332 e. The van der Waals surface area contributed by atoms with Crippen molar-refractivity contribution in [1.82, 2.24) is 9.55 Å². The lowest BCUT2D eigenvalue weighted by atomic mass is 10.2. The number of H-pyrrole nitrogens is 1. The minimum absolute atomic E-state index is 0.0172. The first-order valence-electron chi connectivity index (χ1n) is 8.54. The van der Waals surface area contributed by atoms with E-state index in [9.17, 15) is 19.2 Å². The van der Waals surface area contributed by atoms with Gasteiger partial charge in [0.2, 0.25) is 0 Å². The lowest BCUT2D eigenvalue weighted by Gasteiger charge is -2.18. The Kier molecular flexibility index (Phi) is 6.26. The third-order valence-corrected chi connectivity index (χ3v) is 4.19. The Morgan fingerprint density at radius 2 is 2.00 bits per heavy atom. The van der Waals surface area contributed by atoms with Crippen molar-refractivity contribution in [1.29, 1.82) is 0 Å². The average molecular weight is 410 g/mol. The molecule has 3 atom stereocenters. The number of nitrogens with one attached hydrogen (secondary N) is 1. The van der Waals surface area contributed by atoms with E-state index in [4.69, 9.17) is 28.8 Å². The van der Waals surface area contributed by atoms with Crippen molar-refractivity contribution in [2.24, 2.45) is 0 Å². The van der Waals surface area contributed by atoms with Crippen LogP contribution in [0.1, 0.15) is 12.6 Å². The smallest absolute Gasteiger partial charge is 0.332 e. The lowest BCUT2D eigenvalue weighted by molar-refractivity contribution is -0.161. The van der Waals surface area contributed by atoms with Gasteiger partial charge in [-0.1, -0.05) is 0 Å². The van der Waals surface area contributed by atoms with Crippen LogP contribution in [-0.2, 0) is 23.8 Å². The number of carbonyl (C=O) groups is 2. The summed E-state index contributed by atoms with van der Waals surface area (Å²) in [5.41, 5.74) is -1.34. The zero-order chi connectivity index (χ0) is 21.0. The molecule has 0 saturated carbocycles. The quantitative estimate of drug-likeness (QED) is 0.458. The Morgan fingerprint density at radius 3 is 2.66 bits per heavy atom. The van der Waals surface area contributed by atoms with Crippen LogP contribution in [0.3, 0.4) is 0 Å². The van der Waals surface area contributed by atoms with Crippen LogP contribution in [-0.4, -0.2) is 63.7 Å². The molecule has 0 aliphatic carbocycles. The maximum atomic E-state index is 12.3. The molecule has 1 fully saturated rings. The Morgan fingerprint density at radius 1 is 1.24 bits per heavy atom. The number of esters is 2. The predicted molar refractivity (Wildman–Crippen MR) is 92.6 cm³/mol. The van der Waals surface area contributed by atoms with Crippen LogP contribution in [0.4, 0.5) is 0 Å². The monoisotopic (exact) mass is 410 g/mol. The second kappa shape index (κ2) is 8.86. The summed E-state index contributed by atoms with van der Waals surface area (Å²) in [6.07, 6.45) is -0.281. The summed E-state index contributed by atoms with van der Waals surface area (Å²) in [5, 5.41) is 17.6. The number of ether oxygens (including phenoxy) is 3. The van der Waals surface area contributed by atoms with Crippen LogP contribution in [0.2, 0.25) is 0 Å². The normalized spacial score (nSPS) is 21.1. The molecule has 2 aromatic rings. The number of hydrogen-bond donors (Lipinski definition) is 3. The van der Waals surface area contributed by atoms with Crippen molar-refractivity contribution in [3.05, 3.63) is 45.4 Å². The van der Waals surface area contributed by atoms with Gasteiger partial charge in [-0.15, -0.1) is 0 Å². The van der Waals surface area contributed by atoms with Crippen molar-refractivity contribution in [3.63, 3.8) is 0 Å². The van der Waals surface area contributed by atoms with Gasteiger partial charge < -0.3 is 28.8 Å². The third kappa shape index (κ3) is 4.62. The van der Waals surface area contributed by atoms with E-state index in [1.54, 1.807) is 6.07 Å². The van der Waals surface area contributed by atoms with Crippen LogP contribution in [0, 0.1) is 0 Å². The predicted octanol–water partition coefficient (Wildman–Crippen LogP) is -1.48. The molecule has 2 aromatic heterocycles. The molecule has 12 nitrogen and oxygen atoms in total. The fraction of sp³-hybridized carbons (Fsp3) is 0.412. The number of carbonyl (C=O) groups excluding carboxylic acids is 2. The number of aliphatic hydroxyl groups is 2. The summed E-state index contributed by atoms with van der Waals surface area (Å²) in [6.45, 7) is -2.07. The molecule has 156 valence electrons. The summed E-state index contributed by atoms with van der Waals surface area (Å²) >= 11 is 0. The number of hydrogen-bond acceptors (Lipinski definition) is 10. The molecule has 1 saturated heterocycles. The van der Waals surface area contributed by atoms with E-state index < -0.39 is 54.8 Å². The van der Waals surface area contributed by atoms with Gasteiger partial charge in [-0.25, -0.2) is 14.4 Å². The van der Waals surface area contributed by atoms with E-state index in [2.05, 4.69) is 4.98 Å². The fourth-order valence-corrected chi connectivity index (χ4v) is 2.88. The Balaban J connectivity index is 1.87. The van der Waals surface area contributed by atoms with Crippen LogP contribution in [0.15, 0.2) is 38.6 Å². The molecule has 12 heteroatoms. The standard InChI is InChI=1S/C17H18N2O10/c20-6-14(22)27-8-12-11(29-15(23)7-21)4-13(28-12)19-5-9(10-2-1-3-26-10)16(24)18-17(19)25/h1-3,5,11-13,20-21H,4,6-8H2,(H,18,24,25)/t11-,12+,13+/m0/s1. The summed E-state index contributed by atoms with van der Waals surface area (Å²) in [7, 11) is 0. The summed E-state index contributed by atoms with van der Waals surface area (Å²) < 4.78 is 21.9. The number of nitrogens with zero attached hydrogens (tertiary/aromatic N) is 1. The first kappa shape index (κ1) is 20.5. The summed E-state index contributed by atoms with van der Waals surface area (Å²) in [4.78, 5) is 49.2. The molecule has 29 heavy (non-hydrogen) atoms. The van der Waals surface area contributed by atoms with Gasteiger partial charge in [-0.3, -0.25) is 14.3 Å². The van der Waals surface area contributed by atoms with E-state index >= 15 is 0 Å². The number of aromatic nitrogens is 2. The highest BCUT2D eigenvalue weighted by atomic mass is 16.6. The zero-order valence-electron chi connectivity index (χ0n) is 15.0. The van der Waals surface area contributed by atoms with Gasteiger partial charge in [-0.05, 0) is 12.1 Å². The van der Waals surface area contributed by atoms with Crippen LogP contribution in [0.5, 0.6) is 0 Å². The number of furan rings is 1.